The van der Waals surface area contributed by atoms with Gasteiger partial charge in [0.2, 0.25) is 0 Å². The van der Waals surface area contributed by atoms with Crippen LogP contribution in [0.25, 0.3) is 0 Å². The molecule has 0 fully saturated rings. The van der Waals surface area contributed by atoms with Crippen molar-refractivity contribution in [2.24, 2.45) is 10.2 Å². The van der Waals surface area contributed by atoms with Gasteiger partial charge in [-0.05, 0) is 18.2 Å². The highest BCUT2D eigenvalue weighted by atomic mass is 35.5. The highest BCUT2D eigenvalue weighted by Crippen LogP contribution is 2.27. The molecular formula is C8H6Cl2N2O2. The fraction of sp³-hybridized carbons (Fsp3) is 0.125. The van der Waals surface area contributed by atoms with Crippen molar-refractivity contribution in [1.82, 2.24) is 0 Å². The second kappa shape index (κ2) is 4.93. The van der Waals surface area contributed by atoms with Crippen molar-refractivity contribution in [2.45, 2.75) is 0 Å². The molecule has 4 nitrogen and oxygen atoms in total. The van der Waals surface area contributed by atoms with Crippen LogP contribution in [0.4, 0.5) is 5.69 Å². The molecule has 1 aromatic rings. The molecule has 0 bridgehead atoms. The van der Waals surface area contributed by atoms with Crippen LogP contribution in [0.2, 0.25) is 10.0 Å². The topological polar surface area (TPSA) is 62.0 Å². The van der Waals surface area contributed by atoms with Crippen LogP contribution in [-0.2, 0) is 4.79 Å². The summed E-state index contributed by atoms with van der Waals surface area (Å²) in [4.78, 5) is 10.1. The van der Waals surface area contributed by atoms with Gasteiger partial charge < -0.3 is 5.11 Å². The van der Waals surface area contributed by atoms with Crippen LogP contribution >= 0.6 is 23.2 Å². The number of hydrogen-bond donors (Lipinski definition) is 1. The van der Waals surface area contributed by atoms with Crippen LogP contribution in [0.3, 0.4) is 0 Å². The molecule has 1 aromatic carbocycles. The van der Waals surface area contributed by atoms with Crippen molar-refractivity contribution >= 4 is 34.9 Å². The molecule has 0 aliphatic heterocycles. The van der Waals surface area contributed by atoms with Crippen LogP contribution in [-0.4, -0.2) is 17.6 Å². The second-order valence-corrected chi connectivity index (χ2v) is 3.23. The second-order valence-electron chi connectivity index (χ2n) is 2.39. The van der Waals surface area contributed by atoms with Gasteiger partial charge in [0, 0.05) is 5.02 Å². The SMILES string of the molecule is O=C(O)CN=Nc1ccc(Cl)cc1Cl. The van der Waals surface area contributed by atoms with Gasteiger partial charge in [-0.3, -0.25) is 4.79 Å². The lowest BCUT2D eigenvalue weighted by molar-refractivity contribution is -0.135. The zero-order valence-corrected chi connectivity index (χ0v) is 8.46. The molecule has 0 aliphatic carbocycles. The predicted molar refractivity (Wildman–Crippen MR) is 53.5 cm³/mol. The number of halogens is 2. The van der Waals surface area contributed by atoms with E-state index in [1.807, 2.05) is 0 Å². The Hall–Kier alpha value is -1.13. The zero-order chi connectivity index (χ0) is 10.6. The van der Waals surface area contributed by atoms with Gasteiger partial charge in [0.25, 0.3) is 0 Å². The van der Waals surface area contributed by atoms with Crippen LogP contribution in [0, 0.1) is 0 Å². The standard InChI is InChI=1S/C8H6Cl2N2O2/c9-5-1-2-7(6(10)3-5)12-11-4-8(13)14/h1-3H,4H2,(H,13,14). The van der Waals surface area contributed by atoms with E-state index in [2.05, 4.69) is 10.2 Å². The zero-order valence-electron chi connectivity index (χ0n) is 6.94. The smallest absolute Gasteiger partial charge is 0.327 e. The maximum absolute atomic E-state index is 10.1. The highest BCUT2D eigenvalue weighted by molar-refractivity contribution is 6.36. The number of carboxylic acid groups (broad SMARTS) is 1. The Balaban J connectivity index is 2.76. The van der Waals surface area contributed by atoms with Crippen molar-refractivity contribution in [3.63, 3.8) is 0 Å². The molecule has 1 rings (SSSR count). The van der Waals surface area contributed by atoms with Gasteiger partial charge in [-0.15, -0.1) is 0 Å². The minimum absolute atomic E-state index is 0.339. The Morgan fingerprint density at radius 2 is 2.14 bits per heavy atom. The quantitative estimate of drug-likeness (QED) is 0.815. The van der Waals surface area contributed by atoms with E-state index in [1.165, 1.54) is 6.07 Å². The molecule has 0 atom stereocenters. The van der Waals surface area contributed by atoms with Crippen LogP contribution in [0.5, 0.6) is 0 Å². The van der Waals surface area contributed by atoms with Crippen LogP contribution < -0.4 is 0 Å². The third-order valence-electron chi connectivity index (χ3n) is 1.29. The van der Waals surface area contributed by atoms with Gasteiger partial charge in [-0.2, -0.15) is 10.2 Å². The maximum Gasteiger partial charge on any atom is 0.327 e. The minimum Gasteiger partial charge on any atom is -0.480 e. The summed E-state index contributed by atoms with van der Waals surface area (Å²) in [6.45, 7) is -0.376. The van der Waals surface area contributed by atoms with Crippen LogP contribution in [0.1, 0.15) is 0 Å². The van der Waals surface area contributed by atoms with Gasteiger partial charge >= 0.3 is 5.97 Å². The van der Waals surface area contributed by atoms with Crippen molar-refractivity contribution in [1.29, 1.82) is 0 Å². The Bertz CT molecular complexity index is 380. The van der Waals surface area contributed by atoms with Gasteiger partial charge in [0.15, 0.2) is 6.54 Å². The van der Waals surface area contributed by atoms with E-state index in [-0.39, 0.29) is 6.54 Å². The summed E-state index contributed by atoms with van der Waals surface area (Å²) in [6, 6.07) is 4.68. The molecule has 0 unspecified atom stereocenters. The lowest BCUT2D eigenvalue weighted by atomic mass is 10.3. The number of carbonyl (C=O) groups is 1. The first kappa shape index (κ1) is 10.9. The molecule has 0 spiro atoms. The van der Waals surface area contributed by atoms with Gasteiger partial charge in [0.05, 0.1) is 5.02 Å². The van der Waals surface area contributed by atoms with Crippen molar-refractivity contribution < 1.29 is 9.90 Å². The molecule has 0 saturated carbocycles. The predicted octanol–water partition coefficient (Wildman–Crippen LogP) is 3.16. The van der Waals surface area contributed by atoms with E-state index in [0.717, 1.165) is 0 Å². The highest BCUT2D eigenvalue weighted by Gasteiger charge is 1.99. The molecule has 6 heteroatoms. The van der Waals surface area contributed by atoms with E-state index in [1.54, 1.807) is 12.1 Å². The van der Waals surface area contributed by atoms with Crippen molar-refractivity contribution in [2.75, 3.05) is 6.54 Å². The first-order valence-corrected chi connectivity index (χ1v) is 4.39. The number of rotatable bonds is 3. The van der Waals surface area contributed by atoms with E-state index < -0.39 is 5.97 Å². The lowest BCUT2D eigenvalue weighted by Gasteiger charge is -1.96. The Morgan fingerprint density at radius 1 is 1.43 bits per heavy atom. The monoisotopic (exact) mass is 232 g/mol. The molecule has 0 aliphatic rings. The molecule has 0 radical (unpaired) electrons. The molecule has 14 heavy (non-hydrogen) atoms. The molecule has 0 saturated heterocycles. The summed E-state index contributed by atoms with van der Waals surface area (Å²) < 4.78 is 0. The molecular weight excluding hydrogens is 227 g/mol. The largest absolute Gasteiger partial charge is 0.480 e. The molecule has 74 valence electrons. The maximum atomic E-state index is 10.1. The number of azo groups is 1. The third kappa shape index (κ3) is 3.32. The fourth-order valence-corrected chi connectivity index (χ4v) is 1.18. The minimum atomic E-state index is -1.04. The number of aliphatic carboxylic acids is 1. The number of benzene rings is 1. The van der Waals surface area contributed by atoms with Gasteiger partial charge in [-0.25, -0.2) is 0 Å². The summed E-state index contributed by atoms with van der Waals surface area (Å²) in [6.07, 6.45) is 0. The number of hydrogen-bond acceptors (Lipinski definition) is 3. The first-order valence-electron chi connectivity index (χ1n) is 3.64. The summed E-state index contributed by atoms with van der Waals surface area (Å²) in [5, 5.41) is 16.2. The van der Waals surface area contributed by atoms with E-state index in [0.29, 0.717) is 15.7 Å². The van der Waals surface area contributed by atoms with E-state index in [4.69, 9.17) is 28.3 Å². The third-order valence-corrected chi connectivity index (χ3v) is 1.83. The molecule has 1 N–H and O–H groups in total. The summed E-state index contributed by atoms with van der Waals surface area (Å²) >= 11 is 11.4. The Morgan fingerprint density at radius 3 is 2.71 bits per heavy atom. The van der Waals surface area contributed by atoms with Gasteiger partial charge in [0.1, 0.15) is 5.69 Å². The Kier molecular flexibility index (Phi) is 3.85. The summed E-state index contributed by atoms with van der Waals surface area (Å²) in [7, 11) is 0. The number of nitrogens with zero attached hydrogens (tertiary/aromatic N) is 2. The average Bonchev–Trinajstić information content (AvgIpc) is 2.08. The molecule has 0 aromatic heterocycles. The van der Waals surface area contributed by atoms with Crippen LogP contribution in [0.15, 0.2) is 28.4 Å². The van der Waals surface area contributed by atoms with E-state index >= 15 is 0 Å². The summed E-state index contributed by atoms with van der Waals surface area (Å²) in [5.74, 6) is -1.04. The number of carboxylic acids is 1. The summed E-state index contributed by atoms with van der Waals surface area (Å²) in [5.41, 5.74) is 0.400. The first-order chi connectivity index (χ1) is 6.59. The van der Waals surface area contributed by atoms with Gasteiger partial charge in [-0.1, -0.05) is 23.2 Å². The molecule has 0 amide bonds. The average molecular weight is 233 g/mol. The molecule has 0 heterocycles. The van der Waals surface area contributed by atoms with Crippen molar-refractivity contribution in [3.8, 4) is 0 Å². The Labute approximate surface area is 90.2 Å². The fourth-order valence-electron chi connectivity index (χ4n) is 0.734. The lowest BCUT2D eigenvalue weighted by Crippen LogP contribution is -1.97. The normalized spacial score (nSPS) is 10.7. The van der Waals surface area contributed by atoms with E-state index in [9.17, 15) is 4.79 Å². The van der Waals surface area contributed by atoms with Crippen molar-refractivity contribution in [3.05, 3.63) is 28.2 Å².